The van der Waals surface area contributed by atoms with E-state index in [2.05, 4.69) is 20.7 Å². The van der Waals surface area contributed by atoms with Gasteiger partial charge in [-0.25, -0.2) is 4.98 Å². The maximum Gasteiger partial charge on any atom is 0.256 e. The molecule has 150 valence electrons. The molecular weight excluding hydrogens is 392 g/mol. The molecule has 3 heterocycles. The number of nitrogens with one attached hydrogen (secondary N) is 2. The fourth-order valence-electron chi connectivity index (χ4n) is 3.34. The van der Waals surface area contributed by atoms with E-state index in [1.54, 1.807) is 35.2 Å². The van der Waals surface area contributed by atoms with Crippen molar-refractivity contribution >= 4 is 40.4 Å². The summed E-state index contributed by atoms with van der Waals surface area (Å²) in [6.45, 7) is 0.715. The van der Waals surface area contributed by atoms with Crippen LogP contribution in [0.3, 0.4) is 0 Å². The molecule has 1 aliphatic rings. The van der Waals surface area contributed by atoms with E-state index in [4.69, 9.17) is 16.3 Å². The number of pyridine rings is 1. The minimum absolute atomic E-state index is 0.00188. The molecule has 0 unspecified atom stereocenters. The van der Waals surface area contributed by atoms with Gasteiger partial charge >= 0.3 is 0 Å². The van der Waals surface area contributed by atoms with E-state index in [1.165, 1.54) is 0 Å². The van der Waals surface area contributed by atoms with Crippen LogP contribution in [0.25, 0.3) is 0 Å². The Kier molecular flexibility index (Phi) is 5.02. The Labute approximate surface area is 173 Å². The van der Waals surface area contributed by atoms with Crippen molar-refractivity contribution in [1.82, 2.24) is 19.7 Å². The molecule has 4 rings (SSSR count). The van der Waals surface area contributed by atoms with Crippen molar-refractivity contribution < 1.29 is 9.53 Å². The van der Waals surface area contributed by atoms with Crippen LogP contribution in [0, 0.1) is 0 Å². The van der Waals surface area contributed by atoms with Crippen LogP contribution in [-0.4, -0.2) is 46.3 Å². The minimum Gasteiger partial charge on any atom is -0.478 e. The van der Waals surface area contributed by atoms with Crippen molar-refractivity contribution in [2.45, 2.75) is 6.42 Å². The van der Waals surface area contributed by atoms with Gasteiger partial charge in [0.25, 0.3) is 11.8 Å². The lowest BCUT2D eigenvalue weighted by Gasteiger charge is -2.27. The zero-order chi connectivity index (χ0) is 20.5. The first kappa shape index (κ1) is 19.1. The van der Waals surface area contributed by atoms with Gasteiger partial charge in [0, 0.05) is 26.7 Å². The van der Waals surface area contributed by atoms with Gasteiger partial charge in [0.2, 0.25) is 0 Å². The number of carbonyl (C=O) groups excluding carboxylic acids is 1. The van der Waals surface area contributed by atoms with Crippen molar-refractivity contribution in [2.24, 2.45) is 7.05 Å². The first-order valence-corrected chi connectivity index (χ1v) is 9.48. The topological polar surface area (TPSA) is 84.3 Å². The maximum atomic E-state index is 12.7. The highest BCUT2D eigenvalue weighted by Gasteiger charge is 2.24. The Bertz CT molecular complexity index is 1080. The Morgan fingerprint density at radius 3 is 2.79 bits per heavy atom. The summed E-state index contributed by atoms with van der Waals surface area (Å²) >= 11 is 6.37. The minimum atomic E-state index is -0.00188. The third-order valence-corrected chi connectivity index (χ3v) is 5.10. The number of aromatic nitrogens is 3. The fourth-order valence-corrected chi connectivity index (χ4v) is 3.49. The summed E-state index contributed by atoms with van der Waals surface area (Å²) in [5.74, 6) is 1.03. The van der Waals surface area contributed by atoms with Crippen LogP contribution < -0.4 is 15.4 Å². The first-order valence-electron chi connectivity index (χ1n) is 9.11. The SMILES string of the molecule is COc1nn(C)cc1Nc1cc(Nc2cccc3c2C(=O)N(C)CC3)c(Cl)cn1. The Hall–Kier alpha value is -3.26. The van der Waals surface area contributed by atoms with Gasteiger partial charge < -0.3 is 20.3 Å². The molecule has 0 aliphatic carbocycles. The average molecular weight is 413 g/mol. The molecule has 29 heavy (non-hydrogen) atoms. The number of benzene rings is 1. The third-order valence-electron chi connectivity index (χ3n) is 4.80. The van der Waals surface area contributed by atoms with Crippen LogP contribution in [0.4, 0.5) is 22.9 Å². The number of carbonyl (C=O) groups is 1. The molecule has 0 bridgehead atoms. The molecular formula is C20H21ClN6O2. The summed E-state index contributed by atoms with van der Waals surface area (Å²) in [4.78, 5) is 18.7. The van der Waals surface area contributed by atoms with Crippen molar-refractivity contribution in [3.8, 4) is 5.88 Å². The number of likely N-dealkylation sites (N-methyl/N-ethyl adjacent to an activating group) is 1. The predicted molar refractivity (Wildman–Crippen MR) is 113 cm³/mol. The maximum absolute atomic E-state index is 12.7. The van der Waals surface area contributed by atoms with Crippen LogP contribution in [-0.2, 0) is 13.5 Å². The number of ether oxygens (including phenoxy) is 1. The van der Waals surface area contributed by atoms with E-state index in [0.717, 1.165) is 17.7 Å². The zero-order valence-corrected chi connectivity index (χ0v) is 17.1. The number of fused-ring (bicyclic) bond motifs is 1. The molecule has 1 amide bonds. The molecule has 9 heteroatoms. The van der Waals surface area contributed by atoms with Crippen LogP contribution in [0.5, 0.6) is 5.88 Å². The standard InChI is InChI=1S/C20H21ClN6O2/c1-26-8-7-12-5-4-6-14(18(12)20(26)28)23-15-9-17(22-10-13(15)21)24-16-11-27(2)25-19(16)29-3/h4-6,9-11H,7-8H2,1-3H3,(H2,22,23,24). The summed E-state index contributed by atoms with van der Waals surface area (Å²) in [5, 5.41) is 11.1. The van der Waals surface area contributed by atoms with Crippen molar-refractivity contribution in [3.63, 3.8) is 0 Å². The summed E-state index contributed by atoms with van der Waals surface area (Å²) in [6.07, 6.45) is 4.17. The molecule has 0 spiro atoms. The van der Waals surface area contributed by atoms with Crippen LogP contribution in [0.1, 0.15) is 15.9 Å². The first-order chi connectivity index (χ1) is 14.0. The number of aryl methyl sites for hydroxylation is 1. The lowest BCUT2D eigenvalue weighted by Crippen LogP contribution is -2.34. The Morgan fingerprint density at radius 1 is 1.17 bits per heavy atom. The highest BCUT2D eigenvalue weighted by atomic mass is 35.5. The number of halogens is 1. The van der Waals surface area contributed by atoms with E-state index in [0.29, 0.717) is 40.2 Å². The van der Waals surface area contributed by atoms with Gasteiger partial charge in [-0.05, 0) is 18.1 Å². The molecule has 1 aromatic carbocycles. The molecule has 8 nitrogen and oxygen atoms in total. The molecule has 0 fully saturated rings. The average Bonchev–Trinajstić information content (AvgIpc) is 3.06. The number of rotatable bonds is 5. The molecule has 0 saturated carbocycles. The highest BCUT2D eigenvalue weighted by molar-refractivity contribution is 6.33. The number of hydrogen-bond acceptors (Lipinski definition) is 6. The number of anilines is 4. The molecule has 0 atom stereocenters. The van der Waals surface area contributed by atoms with Crippen LogP contribution in [0.2, 0.25) is 5.02 Å². The Balaban J connectivity index is 1.65. The summed E-state index contributed by atoms with van der Waals surface area (Å²) < 4.78 is 6.91. The smallest absolute Gasteiger partial charge is 0.256 e. The lowest BCUT2D eigenvalue weighted by molar-refractivity contribution is 0.0782. The van der Waals surface area contributed by atoms with E-state index in [1.807, 2.05) is 32.3 Å². The van der Waals surface area contributed by atoms with E-state index < -0.39 is 0 Å². The number of methoxy groups -OCH3 is 1. The van der Waals surface area contributed by atoms with Gasteiger partial charge in [-0.15, -0.1) is 5.10 Å². The van der Waals surface area contributed by atoms with Crippen molar-refractivity contribution in [3.05, 3.63) is 52.8 Å². The second-order valence-corrected chi connectivity index (χ2v) is 7.25. The summed E-state index contributed by atoms with van der Waals surface area (Å²) in [5.41, 5.74) is 3.75. The van der Waals surface area contributed by atoms with Gasteiger partial charge in [-0.3, -0.25) is 9.48 Å². The quantitative estimate of drug-likeness (QED) is 0.666. The van der Waals surface area contributed by atoms with Gasteiger partial charge in [0.15, 0.2) is 0 Å². The number of nitrogens with zero attached hydrogens (tertiary/aromatic N) is 4. The molecule has 3 aromatic rings. The summed E-state index contributed by atoms with van der Waals surface area (Å²) in [6, 6.07) is 7.59. The normalized spacial score (nSPS) is 13.2. The predicted octanol–water partition coefficient (Wildman–Crippen LogP) is 3.59. The van der Waals surface area contributed by atoms with Crippen molar-refractivity contribution in [1.29, 1.82) is 0 Å². The van der Waals surface area contributed by atoms with Gasteiger partial charge in [-0.1, -0.05) is 23.7 Å². The lowest BCUT2D eigenvalue weighted by atomic mass is 9.97. The second kappa shape index (κ2) is 7.63. The number of hydrogen-bond donors (Lipinski definition) is 2. The summed E-state index contributed by atoms with van der Waals surface area (Å²) in [7, 11) is 5.18. The monoisotopic (exact) mass is 412 g/mol. The van der Waals surface area contributed by atoms with Crippen molar-refractivity contribution in [2.75, 3.05) is 31.3 Å². The third kappa shape index (κ3) is 3.71. The number of amides is 1. The van der Waals surface area contributed by atoms with Gasteiger partial charge in [0.1, 0.15) is 11.5 Å². The fraction of sp³-hybridized carbons (Fsp3) is 0.250. The molecule has 0 radical (unpaired) electrons. The Morgan fingerprint density at radius 2 is 2.00 bits per heavy atom. The molecule has 0 saturated heterocycles. The molecule has 1 aliphatic heterocycles. The van der Waals surface area contributed by atoms with Crippen LogP contribution >= 0.6 is 11.6 Å². The van der Waals surface area contributed by atoms with E-state index >= 15 is 0 Å². The second-order valence-electron chi connectivity index (χ2n) is 6.84. The molecule has 2 N–H and O–H groups in total. The largest absolute Gasteiger partial charge is 0.478 e. The molecule has 2 aromatic heterocycles. The van der Waals surface area contributed by atoms with E-state index in [9.17, 15) is 4.79 Å². The van der Waals surface area contributed by atoms with Crippen LogP contribution in [0.15, 0.2) is 36.7 Å². The van der Waals surface area contributed by atoms with Gasteiger partial charge in [0.05, 0.1) is 41.5 Å². The highest BCUT2D eigenvalue weighted by Crippen LogP contribution is 2.33. The zero-order valence-electron chi connectivity index (χ0n) is 16.4. The van der Waals surface area contributed by atoms with Gasteiger partial charge in [-0.2, -0.15) is 0 Å². The van der Waals surface area contributed by atoms with E-state index in [-0.39, 0.29) is 5.91 Å².